The lowest BCUT2D eigenvalue weighted by Gasteiger charge is -2.23. The molecule has 1 aliphatic rings. The number of Topliss-reactive ketones (excluding diaryl/α,β-unsaturated/α-hetero) is 1. The summed E-state index contributed by atoms with van der Waals surface area (Å²) in [5.74, 6) is 0.958. The van der Waals surface area contributed by atoms with Gasteiger partial charge in [0.05, 0.1) is 23.1 Å². The molecule has 146 valence electrons. The Kier molecular flexibility index (Phi) is 4.97. The standard InChI is InChI=1S/C20H21N3O4S/c1-12-8-15(27-21-12)11-23-19(25)17-9-16(28)6-7-18(17)22(20(23)26)10-13-2-4-14(24)5-3-13/h6-9,13,28H,2-5,10-11H2,1H3. The number of carbonyl (C=O) groups is 1. The van der Waals surface area contributed by atoms with E-state index in [2.05, 4.69) is 17.8 Å². The van der Waals surface area contributed by atoms with E-state index in [9.17, 15) is 14.4 Å². The van der Waals surface area contributed by atoms with Crippen LogP contribution in [0.4, 0.5) is 0 Å². The van der Waals surface area contributed by atoms with Gasteiger partial charge in [-0.3, -0.25) is 18.7 Å². The second kappa shape index (κ2) is 7.43. The predicted molar refractivity (Wildman–Crippen MR) is 107 cm³/mol. The van der Waals surface area contributed by atoms with Crippen molar-refractivity contribution in [2.45, 2.75) is 50.6 Å². The summed E-state index contributed by atoms with van der Waals surface area (Å²) in [6.45, 7) is 2.28. The number of ketones is 1. The van der Waals surface area contributed by atoms with Gasteiger partial charge in [-0.25, -0.2) is 4.79 Å². The molecule has 8 heteroatoms. The van der Waals surface area contributed by atoms with Crippen LogP contribution >= 0.6 is 12.6 Å². The fraction of sp³-hybridized carbons (Fsp3) is 0.400. The van der Waals surface area contributed by atoms with E-state index in [0.717, 1.165) is 12.8 Å². The van der Waals surface area contributed by atoms with Crippen LogP contribution in [0.1, 0.15) is 37.1 Å². The number of thiol groups is 1. The van der Waals surface area contributed by atoms with Crippen molar-refractivity contribution in [3.8, 4) is 0 Å². The number of hydrogen-bond acceptors (Lipinski definition) is 6. The number of aromatic nitrogens is 3. The van der Waals surface area contributed by atoms with Gasteiger partial charge in [-0.05, 0) is 43.9 Å². The molecule has 2 aromatic heterocycles. The molecule has 3 aromatic rings. The van der Waals surface area contributed by atoms with Gasteiger partial charge in [-0.15, -0.1) is 12.6 Å². The molecule has 0 atom stereocenters. The molecule has 1 aromatic carbocycles. The minimum absolute atomic E-state index is 0.0222. The summed E-state index contributed by atoms with van der Waals surface area (Å²) in [7, 11) is 0. The maximum Gasteiger partial charge on any atom is 0.331 e. The Hall–Kier alpha value is -2.61. The molecule has 1 aliphatic carbocycles. The van der Waals surface area contributed by atoms with Crippen LogP contribution in [0.15, 0.2) is 43.3 Å². The molecule has 0 radical (unpaired) electrons. The number of nitrogens with zero attached hydrogens (tertiary/aromatic N) is 3. The third-order valence-corrected chi connectivity index (χ3v) is 5.58. The first-order valence-electron chi connectivity index (χ1n) is 9.32. The molecule has 0 unspecified atom stereocenters. The minimum atomic E-state index is -0.379. The first-order valence-corrected chi connectivity index (χ1v) is 9.77. The highest BCUT2D eigenvalue weighted by atomic mass is 32.1. The molecule has 0 aliphatic heterocycles. The van der Waals surface area contributed by atoms with Gasteiger partial charge in [0, 0.05) is 30.3 Å². The molecule has 0 saturated heterocycles. The molecule has 28 heavy (non-hydrogen) atoms. The lowest BCUT2D eigenvalue weighted by molar-refractivity contribution is -0.121. The fourth-order valence-corrected chi connectivity index (χ4v) is 4.02. The average molecular weight is 399 g/mol. The molecule has 0 bridgehead atoms. The van der Waals surface area contributed by atoms with Crippen molar-refractivity contribution in [3.63, 3.8) is 0 Å². The van der Waals surface area contributed by atoms with Crippen molar-refractivity contribution in [1.82, 2.24) is 14.3 Å². The van der Waals surface area contributed by atoms with E-state index in [1.54, 1.807) is 35.8 Å². The van der Waals surface area contributed by atoms with Gasteiger partial charge in [-0.1, -0.05) is 5.16 Å². The summed E-state index contributed by atoms with van der Waals surface area (Å²) in [6, 6.07) is 6.93. The zero-order valence-electron chi connectivity index (χ0n) is 15.6. The number of fused-ring (bicyclic) bond motifs is 1. The highest BCUT2D eigenvalue weighted by molar-refractivity contribution is 7.80. The molecule has 2 heterocycles. The lowest BCUT2D eigenvalue weighted by Crippen LogP contribution is -2.41. The van der Waals surface area contributed by atoms with Crippen LogP contribution in [0.5, 0.6) is 0 Å². The van der Waals surface area contributed by atoms with Crippen LogP contribution in [0.25, 0.3) is 10.9 Å². The monoisotopic (exact) mass is 399 g/mol. The smallest absolute Gasteiger partial charge is 0.331 e. The average Bonchev–Trinajstić information content (AvgIpc) is 3.09. The Morgan fingerprint density at radius 1 is 1.14 bits per heavy atom. The van der Waals surface area contributed by atoms with Crippen molar-refractivity contribution >= 4 is 29.3 Å². The Balaban J connectivity index is 1.83. The van der Waals surface area contributed by atoms with Gasteiger partial charge in [-0.2, -0.15) is 0 Å². The Labute approximate surface area is 166 Å². The van der Waals surface area contributed by atoms with Crippen LogP contribution in [-0.2, 0) is 17.9 Å². The summed E-state index contributed by atoms with van der Waals surface area (Å²) in [4.78, 5) is 38.4. The van der Waals surface area contributed by atoms with Crippen LogP contribution in [0, 0.1) is 12.8 Å². The number of hydrogen-bond donors (Lipinski definition) is 1. The molecule has 1 saturated carbocycles. The van der Waals surface area contributed by atoms with E-state index in [4.69, 9.17) is 4.52 Å². The maximum absolute atomic E-state index is 13.2. The summed E-state index contributed by atoms with van der Waals surface area (Å²) in [6.07, 6.45) is 2.62. The van der Waals surface area contributed by atoms with Gasteiger partial charge in [0.2, 0.25) is 0 Å². The fourth-order valence-electron chi connectivity index (χ4n) is 3.81. The van der Waals surface area contributed by atoms with Crippen LogP contribution in [0.3, 0.4) is 0 Å². The van der Waals surface area contributed by atoms with Crippen LogP contribution in [-0.4, -0.2) is 20.1 Å². The van der Waals surface area contributed by atoms with Crippen molar-refractivity contribution in [2.75, 3.05) is 0 Å². The van der Waals surface area contributed by atoms with Gasteiger partial charge < -0.3 is 4.52 Å². The zero-order chi connectivity index (χ0) is 19.8. The minimum Gasteiger partial charge on any atom is -0.359 e. The first-order chi connectivity index (χ1) is 13.4. The van der Waals surface area contributed by atoms with Gasteiger partial charge in [0.25, 0.3) is 5.56 Å². The van der Waals surface area contributed by atoms with E-state index in [0.29, 0.717) is 46.6 Å². The van der Waals surface area contributed by atoms with Crippen LogP contribution < -0.4 is 11.2 Å². The third kappa shape index (κ3) is 3.56. The number of aryl methyl sites for hydroxylation is 1. The second-order valence-corrected chi connectivity index (χ2v) is 7.92. The number of carbonyl (C=O) groups excluding carboxylic acids is 1. The highest BCUT2D eigenvalue weighted by Gasteiger charge is 2.22. The van der Waals surface area contributed by atoms with Gasteiger partial charge in [0.1, 0.15) is 5.78 Å². The summed E-state index contributed by atoms with van der Waals surface area (Å²) in [5.41, 5.74) is 0.527. The van der Waals surface area contributed by atoms with Crippen LogP contribution in [0.2, 0.25) is 0 Å². The quantitative estimate of drug-likeness (QED) is 0.682. The molecule has 1 fully saturated rings. The molecule has 7 nitrogen and oxygen atoms in total. The van der Waals surface area contributed by atoms with Gasteiger partial charge in [0.15, 0.2) is 5.76 Å². The lowest BCUT2D eigenvalue weighted by atomic mass is 9.88. The van der Waals surface area contributed by atoms with E-state index in [-0.39, 0.29) is 29.5 Å². The maximum atomic E-state index is 13.2. The molecular weight excluding hydrogens is 378 g/mol. The molecule has 0 amide bonds. The summed E-state index contributed by atoms with van der Waals surface area (Å²) in [5, 5.41) is 4.27. The molecule has 0 N–H and O–H groups in total. The van der Waals surface area contributed by atoms with E-state index in [1.165, 1.54) is 4.57 Å². The Morgan fingerprint density at radius 3 is 2.57 bits per heavy atom. The normalized spacial score (nSPS) is 15.4. The summed E-state index contributed by atoms with van der Waals surface area (Å²) >= 11 is 4.34. The van der Waals surface area contributed by atoms with Gasteiger partial charge >= 0.3 is 5.69 Å². The molecular formula is C20H21N3O4S. The van der Waals surface area contributed by atoms with Crippen molar-refractivity contribution in [2.24, 2.45) is 5.92 Å². The Bertz CT molecular complexity index is 1160. The van der Waals surface area contributed by atoms with Crippen molar-refractivity contribution < 1.29 is 9.32 Å². The SMILES string of the molecule is Cc1cc(Cn2c(=O)c3cc(S)ccc3n(CC3CCC(=O)CC3)c2=O)on1. The molecule has 4 rings (SSSR count). The van der Waals surface area contributed by atoms with E-state index in [1.807, 2.05) is 0 Å². The van der Waals surface area contributed by atoms with E-state index < -0.39 is 0 Å². The number of rotatable bonds is 4. The first kappa shape index (κ1) is 18.7. The third-order valence-electron chi connectivity index (χ3n) is 5.30. The second-order valence-electron chi connectivity index (χ2n) is 7.40. The molecule has 0 spiro atoms. The topological polar surface area (TPSA) is 87.1 Å². The van der Waals surface area contributed by atoms with Crippen molar-refractivity contribution in [1.29, 1.82) is 0 Å². The zero-order valence-corrected chi connectivity index (χ0v) is 16.4. The van der Waals surface area contributed by atoms with E-state index >= 15 is 0 Å². The Morgan fingerprint density at radius 2 is 1.89 bits per heavy atom. The largest absolute Gasteiger partial charge is 0.359 e. The number of benzene rings is 1. The van der Waals surface area contributed by atoms with Crippen molar-refractivity contribution in [3.05, 3.63) is 56.6 Å². The summed E-state index contributed by atoms with van der Waals surface area (Å²) < 4.78 is 8.04. The highest BCUT2D eigenvalue weighted by Crippen LogP contribution is 2.24. The predicted octanol–water partition coefficient (Wildman–Crippen LogP) is 2.56.